The van der Waals surface area contributed by atoms with E-state index < -0.39 is 6.61 Å². The fraction of sp³-hybridized carbons (Fsp3) is 0.600. The molecule has 1 heterocycles. The molecule has 1 N–H and O–H groups in total. The molecule has 0 aliphatic carbocycles. The van der Waals surface area contributed by atoms with Crippen LogP contribution in [0.15, 0.2) is 24.3 Å². The molecular formula is C15H21F2NO2. The third kappa shape index (κ3) is 3.90. The summed E-state index contributed by atoms with van der Waals surface area (Å²) in [5, 5.41) is 3.50. The number of rotatable bonds is 4. The Hall–Kier alpha value is -1.20. The predicted octanol–water partition coefficient (Wildman–Crippen LogP) is 3.51. The van der Waals surface area contributed by atoms with Crippen molar-refractivity contribution in [1.29, 1.82) is 0 Å². The van der Waals surface area contributed by atoms with Crippen LogP contribution >= 0.6 is 0 Å². The second kappa shape index (κ2) is 6.50. The third-order valence-electron chi connectivity index (χ3n) is 3.92. The maximum absolute atomic E-state index is 12.2. The highest BCUT2D eigenvalue weighted by molar-refractivity contribution is 5.30. The summed E-state index contributed by atoms with van der Waals surface area (Å²) in [6.07, 6.45) is 1.83. The maximum atomic E-state index is 12.2. The molecular weight excluding hydrogens is 264 g/mol. The van der Waals surface area contributed by atoms with Crippen LogP contribution in [-0.2, 0) is 4.74 Å². The van der Waals surface area contributed by atoms with Crippen LogP contribution in [0.2, 0.25) is 0 Å². The molecule has 2 atom stereocenters. The smallest absolute Gasteiger partial charge is 0.387 e. The molecule has 0 bridgehead atoms. The minimum absolute atomic E-state index is 0.0752. The first-order valence-corrected chi connectivity index (χ1v) is 6.94. The summed E-state index contributed by atoms with van der Waals surface area (Å²) in [4.78, 5) is 0. The van der Waals surface area contributed by atoms with Crippen LogP contribution in [0.5, 0.6) is 5.75 Å². The van der Waals surface area contributed by atoms with Crippen LogP contribution in [0.25, 0.3) is 0 Å². The van der Waals surface area contributed by atoms with Crippen molar-refractivity contribution in [1.82, 2.24) is 5.32 Å². The van der Waals surface area contributed by atoms with Crippen molar-refractivity contribution in [2.45, 2.75) is 44.9 Å². The molecule has 0 saturated carbocycles. The van der Waals surface area contributed by atoms with Gasteiger partial charge in [0.15, 0.2) is 0 Å². The molecule has 2 unspecified atom stereocenters. The summed E-state index contributed by atoms with van der Waals surface area (Å²) in [6.45, 7) is 2.84. The van der Waals surface area contributed by atoms with Crippen molar-refractivity contribution in [3.05, 3.63) is 29.8 Å². The van der Waals surface area contributed by atoms with E-state index in [2.05, 4.69) is 23.9 Å². The van der Waals surface area contributed by atoms with Gasteiger partial charge in [-0.15, -0.1) is 0 Å². The number of halogens is 2. The van der Waals surface area contributed by atoms with E-state index in [0.29, 0.717) is 13.2 Å². The van der Waals surface area contributed by atoms with Gasteiger partial charge in [-0.3, -0.25) is 0 Å². The fourth-order valence-corrected chi connectivity index (χ4v) is 2.32. The second-order valence-corrected chi connectivity index (χ2v) is 5.36. The molecule has 0 spiro atoms. The van der Waals surface area contributed by atoms with Gasteiger partial charge in [0.1, 0.15) is 5.75 Å². The van der Waals surface area contributed by atoms with Gasteiger partial charge in [-0.25, -0.2) is 0 Å². The quantitative estimate of drug-likeness (QED) is 0.918. The maximum Gasteiger partial charge on any atom is 0.387 e. The first-order chi connectivity index (χ1) is 9.52. The molecule has 1 fully saturated rings. The highest BCUT2D eigenvalue weighted by Gasteiger charge is 2.27. The van der Waals surface area contributed by atoms with Gasteiger partial charge in [-0.05, 0) is 37.5 Å². The van der Waals surface area contributed by atoms with Gasteiger partial charge in [0.2, 0.25) is 0 Å². The third-order valence-corrected chi connectivity index (χ3v) is 3.92. The van der Waals surface area contributed by atoms with Crippen LogP contribution in [0, 0.1) is 0 Å². The lowest BCUT2D eigenvalue weighted by molar-refractivity contribution is -0.0500. The normalized spacial score (nSPS) is 27.4. The Kier molecular flexibility index (Phi) is 4.94. The zero-order valence-electron chi connectivity index (χ0n) is 11.9. The van der Waals surface area contributed by atoms with E-state index in [1.807, 2.05) is 6.07 Å². The highest BCUT2D eigenvalue weighted by Crippen LogP contribution is 2.27. The number of hydrogen-bond acceptors (Lipinski definition) is 3. The van der Waals surface area contributed by atoms with Crippen molar-refractivity contribution in [2.75, 3.05) is 13.2 Å². The topological polar surface area (TPSA) is 30.5 Å². The molecule has 112 valence electrons. The molecule has 1 aliphatic rings. The molecule has 2 rings (SSSR count). The monoisotopic (exact) mass is 285 g/mol. The van der Waals surface area contributed by atoms with Gasteiger partial charge < -0.3 is 14.8 Å². The molecule has 1 aliphatic heterocycles. The molecule has 20 heavy (non-hydrogen) atoms. The Labute approximate surface area is 118 Å². The van der Waals surface area contributed by atoms with Crippen LogP contribution in [0.3, 0.4) is 0 Å². The summed E-state index contributed by atoms with van der Waals surface area (Å²) in [7, 11) is 0. The van der Waals surface area contributed by atoms with Crippen LogP contribution in [0.1, 0.15) is 38.4 Å². The molecule has 1 aromatic rings. The lowest BCUT2D eigenvalue weighted by atomic mass is 9.95. The average molecular weight is 285 g/mol. The summed E-state index contributed by atoms with van der Waals surface area (Å²) in [5.74, 6) is 0.170. The number of hydrogen-bond donors (Lipinski definition) is 1. The minimum Gasteiger partial charge on any atom is -0.435 e. The minimum atomic E-state index is -2.80. The van der Waals surface area contributed by atoms with E-state index in [0.717, 1.165) is 18.4 Å². The molecule has 0 radical (unpaired) electrons. The fourth-order valence-electron chi connectivity index (χ4n) is 2.32. The molecule has 0 amide bonds. The van der Waals surface area contributed by atoms with Gasteiger partial charge in [0.25, 0.3) is 0 Å². The van der Waals surface area contributed by atoms with E-state index in [9.17, 15) is 8.78 Å². The zero-order valence-corrected chi connectivity index (χ0v) is 11.9. The molecule has 1 aromatic carbocycles. The first kappa shape index (κ1) is 15.2. The second-order valence-electron chi connectivity index (χ2n) is 5.36. The van der Waals surface area contributed by atoms with Crippen molar-refractivity contribution in [2.24, 2.45) is 0 Å². The largest absolute Gasteiger partial charge is 0.435 e. The summed E-state index contributed by atoms with van der Waals surface area (Å²) in [6, 6.07) is 6.72. The van der Waals surface area contributed by atoms with Gasteiger partial charge >= 0.3 is 6.61 Å². The molecule has 0 aromatic heterocycles. The van der Waals surface area contributed by atoms with E-state index in [-0.39, 0.29) is 17.4 Å². The van der Waals surface area contributed by atoms with Gasteiger partial charge in [-0.2, -0.15) is 8.78 Å². The molecule has 3 nitrogen and oxygen atoms in total. The van der Waals surface area contributed by atoms with Gasteiger partial charge in [0.05, 0.1) is 6.10 Å². The summed E-state index contributed by atoms with van der Waals surface area (Å²) < 4.78 is 34.8. The van der Waals surface area contributed by atoms with Gasteiger partial charge in [-0.1, -0.05) is 19.1 Å². The van der Waals surface area contributed by atoms with Crippen molar-refractivity contribution in [3.8, 4) is 5.75 Å². The number of benzene rings is 1. The Morgan fingerprint density at radius 3 is 3.00 bits per heavy atom. The standard InChI is InChI=1S/C15H21F2NO2/c1-3-15(2)7-8-19-13(10-18-15)11-5-4-6-12(9-11)20-14(16)17/h4-6,9,13-14,18H,3,7-8,10H2,1-2H3. The Balaban J connectivity index is 2.07. The van der Waals surface area contributed by atoms with E-state index in [4.69, 9.17) is 4.74 Å². The SMILES string of the molecule is CCC1(C)CCOC(c2cccc(OC(F)F)c2)CN1. The number of nitrogens with one attached hydrogen (secondary N) is 1. The molecule has 5 heteroatoms. The van der Waals surface area contributed by atoms with Crippen LogP contribution < -0.4 is 10.1 Å². The van der Waals surface area contributed by atoms with Crippen molar-refractivity contribution >= 4 is 0 Å². The highest BCUT2D eigenvalue weighted by atomic mass is 19.3. The van der Waals surface area contributed by atoms with Gasteiger partial charge in [0, 0.05) is 18.7 Å². The van der Waals surface area contributed by atoms with E-state index in [1.165, 1.54) is 6.07 Å². The summed E-state index contributed by atoms with van der Waals surface area (Å²) >= 11 is 0. The Bertz CT molecular complexity index is 442. The lowest BCUT2D eigenvalue weighted by Crippen LogP contribution is -2.42. The van der Waals surface area contributed by atoms with Crippen LogP contribution in [-0.4, -0.2) is 25.3 Å². The van der Waals surface area contributed by atoms with E-state index >= 15 is 0 Å². The summed E-state index contributed by atoms with van der Waals surface area (Å²) in [5.41, 5.74) is 0.933. The first-order valence-electron chi connectivity index (χ1n) is 6.94. The predicted molar refractivity (Wildman–Crippen MR) is 73.1 cm³/mol. The van der Waals surface area contributed by atoms with Crippen molar-refractivity contribution < 1.29 is 18.3 Å². The van der Waals surface area contributed by atoms with Crippen LogP contribution in [0.4, 0.5) is 8.78 Å². The lowest BCUT2D eigenvalue weighted by Gasteiger charge is -2.27. The van der Waals surface area contributed by atoms with E-state index in [1.54, 1.807) is 12.1 Å². The zero-order chi connectivity index (χ0) is 14.6. The number of alkyl halides is 2. The molecule has 1 saturated heterocycles. The average Bonchev–Trinajstić information content (AvgIpc) is 2.61. The Morgan fingerprint density at radius 1 is 1.50 bits per heavy atom. The van der Waals surface area contributed by atoms with Crippen molar-refractivity contribution in [3.63, 3.8) is 0 Å². The Morgan fingerprint density at radius 2 is 2.30 bits per heavy atom. The number of ether oxygens (including phenoxy) is 2.